The molecular formula is C21H16N2O5S. The zero-order valence-electron chi connectivity index (χ0n) is 15.5. The van der Waals surface area contributed by atoms with Gasteiger partial charge in [-0.05, 0) is 29.8 Å². The highest BCUT2D eigenvalue weighted by Gasteiger charge is 2.16. The highest BCUT2D eigenvalue weighted by molar-refractivity contribution is 7.99. The van der Waals surface area contributed by atoms with Crippen LogP contribution in [0.4, 0.5) is 0 Å². The molecule has 8 heteroatoms. The van der Waals surface area contributed by atoms with Crippen LogP contribution in [0.3, 0.4) is 0 Å². The minimum absolute atomic E-state index is 0.00668. The summed E-state index contributed by atoms with van der Waals surface area (Å²) in [6.07, 6.45) is 0.472. The maximum atomic E-state index is 12.5. The molecule has 0 amide bonds. The van der Waals surface area contributed by atoms with Gasteiger partial charge >= 0.3 is 5.63 Å². The first kappa shape index (κ1) is 18.9. The number of fused-ring (bicyclic) bond motifs is 1. The Morgan fingerprint density at radius 2 is 1.86 bits per heavy atom. The number of Topliss-reactive ketones (excluding diaryl/α,β-unsaturated/α-hetero) is 1. The van der Waals surface area contributed by atoms with Crippen molar-refractivity contribution in [1.29, 1.82) is 0 Å². The van der Waals surface area contributed by atoms with E-state index in [2.05, 4.69) is 10.2 Å². The minimum atomic E-state index is -0.653. The Kier molecular flexibility index (Phi) is 5.44. The van der Waals surface area contributed by atoms with Gasteiger partial charge in [0.2, 0.25) is 5.89 Å². The highest BCUT2D eigenvalue weighted by Crippen LogP contribution is 2.20. The maximum Gasteiger partial charge on any atom is 0.347 e. The van der Waals surface area contributed by atoms with E-state index in [4.69, 9.17) is 13.6 Å². The second kappa shape index (κ2) is 8.32. The van der Waals surface area contributed by atoms with Crippen LogP contribution >= 0.6 is 11.8 Å². The smallest absolute Gasteiger partial charge is 0.347 e. The Morgan fingerprint density at radius 3 is 2.66 bits per heavy atom. The van der Waals surface area contributed by atoms with E-state index in [1.54, 1.807) is 31.4 Å². The molecule has 29 heavy (non-hydrogen) atoms. The molecule has 0 saturated carbocycles. The van der Waals surface area contributed by atoms with Crippen LogP contribution < -0.4 is 10.4 Å². The number of thioether (sulfide) groups is 1. The van der Waals surface area contributed by atoms with Gasteiger partial charge in [-0.1, -0.05) is 42.1 Å². The summed E-state index contributed by atoms with van der Waals surface area (Å²) < 4.78 is 15.9. The molecule has 0 aliphatic carbocycles. The van der Waals surface area contributed by atoms with E-state index in [1.165, 1.54) is 0 Å². The molecule has 2 aromatic heterocycles. The van der Waals surface area contributed by atoms with E-state index in [0.29, 0.717) is 23.3 Å². The summed E-state index contributed by atoms with van der Waals surface area (Å²) >= 11 is 1.08. The summed E-state index contributed by atoms with van der Waals surface area (Å²) in [5.74, 6) is 0.847. The van der Waals surface area contributed by atoms with Gasteiger partial charge in [0.1, 0.15) is 16.9 Å². The monoisotopic (exact) mass is 408 g/mol. The van der Waals surface area contributed by atoms with Gasteiger partial charge in [0.25, 0.3) is 5.22 Å². The van der Waals surface area contributed by atoms with Gasteiger partial charge in [0, 0.05) is 5.39 Å². The molecule has 0 N–H and O–H groups in total. The average molecular weight is 408 g/mol. The fourth-order valence-electron chi connectivity index (χ4n) is 2.75. The van der Waals surface area contributed by atoms with Crippen molar-refractivity contribution in [3.63, 3.8) is 0 Å². The van der Waals surface area contributed by atoms with E-state index in [-0.39, 0.29) is 22.3 Å². The highest BCUT2D eigenvalue weighted by atomic mass is 32.2. The van der Waals surface area contributed by atoms with Crippen molar-refractivity contribution in [3.05, 3.63) is 82.0 Å². The first-order chi connectivity index (χ1) is 14.1. The molecule has 146 valence electrons. The van der Waals surface area contributed by atoms with Crippen molar-refractivity contribution in [1.82, 2.24) is 10.2 Å². The second-order valence-electron chi connectivity index (χ2n) is 6.18. The fourth-order valence-corrected chi connectivity index (χ4v) is 3.41. The predicted molar refractivity (Wildman–Crippen MR) is 108 cm³/mol. The molecule has 7 nitrogen and oxygen atoms in total. The average Bonchev–Trinajstić information content (AvgIpc) is 3.19. The molecule has 0 radical (unpaired) electrons. The lowest BCUT2D eigenvalue weighted by atomic mass is 10.1. The Labute approximate surface area is 169 Å². The van der Waals surface area contributed by atoms with Crippen LogP contribution in [-0.4, -0.2) is 28.8 Å². The van der Waals surface area contributed by atoms with Crippen molar-refractivity contribution in [2.75, 3.05) is 12.9 Å². The number of ketones is 1. The van der Waals surface area contributed by atoms with Crippen LogP contribution in [-0.2, 0) is 6.42 Å². The molecule has 0 aliphatic rings. The number of nitrogens with zero attached hydrogens (tertiary/aromatic N) is 2. The van der Waals surface area contributed by atoms with Crippen LogP contribution in [0.25, 0.3) is 11.0 Å². The van der Waals surface area contributed by atoms with E-state index in [9.17, 15) is 9.59 Å². The number of rotatable bonds is 7. The van der Waals surface area contributed by atoms with Gasteiger partial charge in [-0.3, -0.25) is 4.79 Å². The number of carbonyl (C=O) groups excluding carboxylic acids is 1. The van der Waals surface area contributed by atoms with E-state index in [0.717, 1.165) is 23.1 Å². The van der Waals surface area contributed by atoms with Crippen LogP contribution in [0, 0.1) is 0 Å². The Hall–Kier alpha value is -3.39. The lowest BCUT2D eigenvalue weighted by molar-refractivity contribution is 0.101. The lowest BCUT2D eigenvalue weighted by Gasteiger charge is -2.01. The summed E-state index contributed by atoms with van der Waals surface area (Å²) in [7, 11) is 1.61. The third kappa shape index (κ3) is 4.38. The maximum absolute atomic E-state index is 12.5. The Balaban J connectivity index is 1.41. The van der Waals surface area contributed by atoms with Gasteiger partial charge in [-0.25, -0.2) is 4.79 Å². The van der Waals surface area contributed by atoms with Crippen molar-refractivity contribution in [2.45, 2.75) is 11.6 Å². The Morgan fingerprint density at radius 1 is 1.07 bits per heavy atom. The number of hydrogen-bond acceptors (Lipinski definition) is 8. The molecule has 2 heterocycles. The zero-order chi connectivity index (χ0) is 20.2. The van der Waals surface area contributed by atoms with Crippen molar-refractivity contribution < 1.29 is 18.4 Å². The van der Waals surface area contributed by atoms with Crippen molar-refractivity contribution >= 4 is 28.5 Å². The third-order valence-corrected chi connectivity index (χ3v) is 5.05. The third-order valence-electron chi connectivity index (χ3n) is 4.23. The molecule has 2 aromatic carbocycles. The molecule has 0 fully saturated rings. The van der Waals surface area contributed by atoms with Crippen LogP contribution in [0.15, 0.2) is 73.4 Å². The normalized spacial score (nSPS) is 10.9. The van der Waals surface area contributed by atoms with Gasteiger partial charge in [0.05, 0.1) is 19.3 Å². The van der Waals surface area contributed by atoms with E-state index < -0.39 is 5.63 Å². The van der Waals surface area contributed by atoms with Crippen molar-refractivity contribution in [3.8, 4) is 5.75 Å². The predicted octanol–water partition coefficient (Wildman–Crippen LogP) is 3.75. The second-order valence-corrected chi connectivity index (χ2v) is 7.11. The van der Waals surface area contributed by atoms with Crippen LogP contribution in [0.2, 0.25) is 0 Å². The first-order valence-corrected chi connectivity index (χ1v) is 9.75. The number of ether oxygens (including phenoxy) is 1. The van der Waals surface area contributed by atoms with Gasteiger partial charge in [-0.15, -0.1) is 10.2 Å². The Bertz CT molecular complexity index is 1210. The summed E-state index contributed by atoms with van der Waals surface area (Å²) in [5, 5.41) is 8.92. The number of methoxy groups -OCH3 is 1. The molecule has 4 rings (SSSR count). The van der Waals surface area contributed by atoms with Gasteiger partial charge in [0.15, 0.2) is 5.78 Å². The quantitative estimate of drug-likeness (QED) is 0.259. The minimum Gasteiger partial charge on any atom is -0.497 e. The number of hydrogen-bond donors (Lipinski definition) is 0. The van der Waals surface area contributed by atoms with E-state index >= 15 is 0 Å². The molecule has 0 unspecified atom stereocenters. The largest absolute Gasteiger partial charge is 0.497 e. The fraction of sp³-hybridized carbons (Fsp3) is 0.143. The summed E-state index contributed by atoms with van der Waals surface area (Å²) in [6, 6.07) is 16.1. The lowest BCUT2D eigenvalue weighted by Crippen LogP contribution is -2.15. The first-order valence-electron chi connectivity index (χ1n) is 8.76. The SMILES string of the molecule is COc1ccc(Cc2nnc(SCC(=O)c3cc4ccccc4oc3=O)o2)cc1. The zero-order valence-corrected chi connectivity index (χ0v) is 16.3. The summed E-state index contributed by atoms with van der Waals surface area (Å²) in [4.78, 5) is 24.5. The molecule has 0 bridgehead atoms. The number of aromatic nitrogens is 2. The number of carbonyl (C=O) groups is 1. The standard InChI is InChI=1S/C21H16N2O5S/c1-26-15-8-6-13(7-9-15)10-19-22-23-21(28-19)29-12-17(24)16-11-14-4-2-3-5-18(14)27-20(16)25/h2-9,11H,10,12H2,1H3. The number of benzene rings is 2. The molecule has 4 aromatic rings. The van der Waals surface area contributed by atoms with Gasteiger partial charge in [-0.2, -0.15) is 0 Å². The topological polar surface area (TPSA) is 95.4 Å². The molecular weight excluding hydrogens is 392 g/mol. The van der Waals surface area contributed by atoms with Gasteiger partial charge < -0.3 is 13.6 Å². The molecule has 0 atom stereocenters. The van der Waals surface area contributed by atoms with Crippen molar-refractivity contribution in [2.24, 2.45) is 0 Å². The summed E-state index contributed by atoms with van der Waals surface area (Å²) in [5.41, 5.74) is 0.798. The molecule has 0 saturated heterocycles. The summed E-state index contributed by atoms with van der Waals surface area (Å²) in [6.45, 7) is 0. The van der Waals surface area contributed by atoms with Crippen LogP contribution in [0.5, 0.6) is 5.75 Å². The van der Waals surface area contributed by atoms with E-state index in [1.807, 2.05) is 30.3 Å². The molecule has 0 aliphatic heterocycles. The molecule has 0 spiro atoms. The number of para-hydroxylation sites is 1. The van der Waals surface area contributed by atoms with Crippen LogP contribution in [0.1, 0.15) is 21.8 Å².